The monoisotopic (exact) mass is 634 g/mol. The van der Waals surface area contributed by atoms with Crippen molar-refractivity contribution >= 4 is 27.7 Å². The van der Waals surface area contributed by atoms with Gasteiger partial charge < -0.3 is 14.6 Å². The van der Waals surface area contributed by atoms with Crippen LogP contribution in [0.15, 0.2) is 87.4 Å². The van der Waals surface area contributed by atoms with E-state index in [1.165, 1.54) is 0 Å². The fourth-order valence-corrected chi connectivity index (χ4v) is 4.92. The molecule has 4 rings (SSSR count). The lowest BCUT2D eigenvalue weighted by atomic mass is 9.81. The largest absolute Gasteiger partial charge is 0.494 e. The van der Waals surface area contributed by atoms with E-state index < -0.39 is 11.6 Å². The minimum absolute atomic E-state index is 0.0554. The lowest BCUT2D eigenvalue weighted by Crippen LogP contribution is -2.54. The third-order valence-electron chi connectivity index (χ3n) is 6.77. The normalized spacial score (nSPS) is 17.7. The highest BCUT2D eigenvalue weighted by Crippen LogP contribution is 2.43. The molecule has 0 saturated carbocycles. The fraction of sp³-hybridized carbons (Fsp3) is 0.355. The first-order valence-corrected chi connectivity index (χ1v) is 14.6. The van der Waals surface area contributed by atoms with Gasteiger partial charge in [-0.25, -0.2) is 10.4 Å². The Bertz CT molecular complexity index is 1420. The second-order valence-electron chi connectivity index (χ2n) is 10.4. The summed E-state index contributed by atoms with van der Waals surface area (Å²) in [5, 5.41) is 12.8. The first kappa shape index (κ1) is 31.1. The maximum absolute atomic E-state index is 14.2. The Hall–Kier alpha value is -3.89. The van der Waals surface area contributed by atoms with Gasteiger partial charge in [0.25, 0.3) is 5.91 Å². The van der Waals surface area contributed by atoms with Crippen LogP contribution in [-0.4, -0.2) is 42.2 Å². The van der Waals surface area contributed by atoms with Crippen molar-refractivity contribution in [3.05, 3.63) is 110 Å². The average molecular weight is 636 g/mol. The highest BCUT2D eigenvalue weighted by atomic mass is 79.9. The standard InChI is InChI=1S/C31H35BrN6O4/c1-21(2)19-34-37-30(40)31(18-22-8-12-25(32)13-9-22)28(27-7-4-3-6-24(27)20-35-38-33)42-29(36-31)23-10-14-26(15-11-23)41-17-5-16-39/h3-4,6-15,21,28,34,39H,5,16-20H2,1-2H3,(H,37,40)/t28-,31-/m0/s1. The van der Waals surface area contributed by atoms with Crippen LogP contribution in [0.3, 0.4) is 0 Å². The van der Waals surface area contributed by atoms with Gasteiger partial charge in [0, 0.05) is 40.9 Å². The molecule has 10 nitrogen and oxygen atoms in total. The highest BCUT2D eigenvalue weighted by Gasteiger charge is 2.53. The number of carbonyl (C=O) groups excluding carboxylic acids is 1. The number of halogens is 1. The molecule has 0 spiro atoms. The Kier molecular flexibility index (Phi) is 11.0. The van der Waals surface area contributed by atoms with Gasteiger partial charge in [-0.2, -0.15) is 0 Å². The molecule has 42 heavy (non-hydrogen) atoms. The molecule has 220 valence electrons. The van der Waals surface area contributed by atoms with Gasteiger partial charge in [0.1, 0.15) is 5.75 Å². The number of aliphatic hydroxyl groups excluding tert-OH is 1. The molecule has 0 unspecified atom stereocenters. The SMILES string of the molecule is CC(C)CNNC(=O)[C@@]1(Cc2ccc(Br)cc2)N=C(c2ccc(OCCCO)cc2)O[C@H]1c1ccccc1CN=[N+]=[N-]. The number of hydrazine groups is 1. The number of rotatable bonds is 14. The summed E-state index contributed by atoms with van der Waals surface area (Å²) in [6.07, 6.45) is -0.0305. The summed E-state index contributed by atoms with van der Waals surface area (Å²) in [5.41, 5.74) is 16.6. The second kappa shape index (κ2) is 14.8. The number of aliphatic hydroxyl groups is 1. The number of amides is 1. The Balaban J connectivity index is 1.81. The minimum Gasteiger partial charge on any atom is -0.494 e. The van der Waals surface area contributed by atoms with Gasteiger partial charge in [-0.15, -0.1) is 0 Å². The summed E-state index contributed by atoms with van der Waals surface area (Å²) in [7, 11) is 0. The van der Waals surface area contributed by atoms with Gasteiger partial charge in [0.2, 0.25) is 5.90 Å². The number of ether oxygens (including phenoxy) is 2. The molecule has 3 N–H and O–H groups in total. The number of nitrogens with zero attached hydrogens (tertiary/aromatic N) is 4. The predicted octanol–water partition coefficient (Wildman–Crippen LogP) is 5.80. The van der Waals surface area contributed by atoms with E-state index >= 15 is 0 Å². The maximum Gasteiger partial charge on any atom is 0.266 e. The number of benzene rings is 3. The predicted molar refractivity (Wildman–Crippen MR) is 165 cm³/mol. The summed E-state index contributed by atoms with van der Waals surface area (Å²) in [4.78, 5) is 22.2. The van der Waals surface area contributed by atoms with Crippen LogP contribution >= 0.6 is 15.9 Å². The van der Waals surface area contributed by atoms with E-state index in [1.807, 2.05) is 72.8 Å². The van der Waals surface area contributed by atoms with Crippen molar-refractivity contribution < 1.29 is 19.4 Å². The van der Waals surface area contributed by atoms with E-state index in [0.29, 0.717) is 48.3 Å². The van der Waals surface area contributed by atoms with E-state index in [-0.39, 0.29) is 25.5 Å². The molecule has 3 aromatic carbocycles. The molecule has 0 aromatic heterocycles. The average Bonchev–Trinajstić information content (AvgIpc) is 3.38. The Labute approximate surface area is 253 Å². The number of hydrogen-bond donors (Lipinski definition) is 3. The van der Waals surface area contributed by atoms with Gasteiger partial charge in [0.05, 0.1) is 13.2 Å². The van der Waals surface area contributed by atoms with E-state index in [2.05, 4.69) is 50.7 Å². The van der Waals surface area contributed by atoms with Gasteiger partial charge in [-0.05, 0) is 64.5 Å². The van der Waals surface area contributed by atoms with Gasteiger partial charge >= 0.3 is 0 Å². The van der Waals surface area contributed by atoms with E-state index in [9.17, 15) is 4.79 Å². The summed E-state index contributed by atoms with van der Waals surface area (Å²) >= 11 is 3.49. The van der Waals surface area contributed by atoms with Crippen LogP contribution in [0.5, 0.6) is 5.75 Å². The number of aliphatic imine (C=N–C) groups is 1. The fourth-order valence-electron chi connectivity index (χ4n) is 4.66. The Morgan fingerprint density at radius 1 is 1.17 bits per heavy atom. The minimum atomic E-state index is -1.39. The van der Waals surface area contributed by atoms with E-state index in [1.54, 1.807) is 0 Å². The van der Waals surface area contributed by atoms with Crippen molar-refractivity contribution in [2.75, 3.05) is 19.8 Å². The summed E-state index contributed by atoms with van der Waals surface area (Å²) in [6, 6.07) is 22.5. The molecule has 11 heteroatoms. The Morgan fingerprint density at radius 2 is 1.90 bits per heavy atom. The van der Waals surface area contributed by atoms with E-state index in [4.69, 9.17) is 25.1 Å². The maximum atomic E-state index is 14.2. The van der Waals surface area contributed by atoms with Gasteiger partial charge in [0.15, 0.2) is 11.6 Å². The van der Waals surface area contributed by atoms with Crippen LogP contribution in [0.25, 0.3) is 10.4 Å². The van der Waals surface area contributed by atoms with E-state index in [0.717, 1.165) is 15.6 Å². The first-order valence-electron chi connectivity index (χ1n) is 13.8. The first-order chi connectivity index (χ1) is 20.4. The number of azide groups is 1. The zero-order valence-electron chi connectivity index (χ0n) is 23.7. The van der Waals surface area contributed by atoms with Crippen LogP contribution in [-0.2, 0) is 22.5 Å². The third-order valence-corrected chi connectivity index (χ3v) is 7.30. The lowest BCUT2D eigenvalue weighted by Gasteiger charge is -2.32. The van der Waals surface area contributed by atoms with Gasteiger partial charge in [-0.3, -0.25) is 10.2 Å². The number of nitrogens with one attached hydrogen (secondary N) is 2. The summed E-state index contributed by atoms with van der Waals surface area (Å²) < 4.78 is 13.2. The van der Waals surface area contributed by atoms with Crippen LogP contribution < -0.4 is 15.6 Å². The van der Waals surface area contributed by atoms with Crippen molar-refractivity contribution in [3.8, 4) is 5.75 Å². The van der Waals surface area contributed by atoms with Crippen LogP contribution in [0.4, 0.5) is 0 Å². The smallest absolute Gasteiger partial charge is 0.266 e. The zero-order chi connectivity index (χ0) is 30.0. The molecule has 0 aliphatic carbocycles. The zero-order valence-corrected chi connectivity index (χ0v) is 25.3. The quantitative estimate of drug-likeness (QED) is 0.0676. The molecule has 0 radical (unpaired) electrons. The second-order valence-corrected chi connectivity index (χ2v) is 11.3. The molecule has 0 saturated heterocycles. The van der Waals surface area contributed by atoms with Crippen molar-refractivity contribution in [1.29, 1.82) is 0 Å². The van der Waals surface area contributed by atoms with Crippen molar-refractivity contribution in [3.63, 3.8) is 0 Å². The number of carbonyl (C=O) groups is 1. The van der Waals surface area contributed by atoms with Crippen molar-refractivity contribution in [2.24, 2.45) is 16.0 Å². The highest BCUT2D eigenvalue weighted by molar-refractivity contribution is 9.10. The molecule has 1 amide bonds. The molecule has 3 aromatic rings. The van der Waals surface area contributed by atoms with Gasteiger partial charge in [-0.1, -0.05) is 71.3 Å². The summed E-state index contributed by atoms with van der Waals surface area (Å²) in [5.74, 6) is 0.939. The molecule has 1 aliphatic rings. The Morgan fingerprint density at radius 3 is 2.60 bits per heavy atom. The molecule has 1 aliphatic heterocycles. The molecule has 0 fully saturated rings. The molecule has 1 heterocycles. The molecular formula is C31H35BrN6O4. The third kappa shape index (κ3) is 7.68. The molecule has 2 atom stereocenters. The number of hydrogen-bond acceptors (Lipinski definition) is 7. The van der Waals surface area contributed by atoms with Crippen LogP contribution in [0.1, 0.15) is 48.6 Å². The topological polar surface area (TPSA) is 141 Å². The summed E-state index contributed by atoms with van der Waals surface area (Å²) in [6.45, 7) is 5.24. The van der Waals surface area contributed by atoms with Crippen molar-refractivity contribution in [2.45, 2.75) is 44.9 Å². The molecule has 0 bridgehead atoms. The van der Waals surface area contributed by atoms with Crippen LogP contribution in [0.2, 0.25) is 0 Å². The molecular weight excluding hydrogens is 600 g/mol. The van der Waals surface area contributed by atoms with Crippen LogP contribution in [0, 0.1) is 5.92 Å². The lowest BCUT2D eigenvalue weighted by molar-refractivity contribution is -0.130. The van der Waals surface area contributed by atoms with Crippen molar-refractivity contribution in [1.82, 2.24) is 10.9 Å².